The molecule has 0 aliphatic carbocycles. The third kappa shape index (κ3) is 9.64. The number of ether oxygens (including phenoxy) is 5. The van der Waals surface area contributed by atoms with Crippen LogP contribution < -0.4 is 46.4 Å². The van der Waals surface area contributed by atoms with E-state index in [1.807, 2.05) is 19.1 Å². The van der Waals surface area contributed by atoms with Crippen molar-refractivity contribution in [2.45, 2.75) is 58.0 Å². The van der Waals surface area contributed by atoms with Gasteiger partial charge in [-0.25, -0.2) is 14.4 Å². The molecule has 3 aromatic rings. The van der Waals surface area contributed by atoms with Gasteiger partial charge in [0.25, 0.3) is 0 Å². The van der Waals surface area contributed by atoms with E-state index in [9.17, 15) is 29.1 Å². The van der Waals surface area contributed by atoms with Gasteiger partial charge in [0.2, 0.25) is 12.7 Å². The van der Waals surface area contributed by atoms with Gasteiger partial charge in [0.1, 0.15) is 23.6 Å². The molecule has 272 valence electrons. The van der Waals surface area contributed by atoms with Gasteiger partial charge in [-0.3, -0.25) is 19.8 Å². The number of amides is 3. The number of para-hydroxylation sites is 1. The standard InChI is InChI=1S/C35H41N5O11/c1-19-7-5-6-8-25(19)40(34(38)46)35(3,4)51-23-12-10-22(11-13-23)47-17-28(41)50-33(45)29(36)30(20(2)31(37)42)39-24(32(43)44)15-21-9-14-26-27(16-21)49-18-48-26/h5-14,16,20,24,29-30,39H,15,17-18,36H2,1-4H3,(H2,37,42)(H2,38,46)(H,43,44)/t20?,24?,29-,30?/m0/s1. The minimum absolute atomic E-state index is 0.0338. The summed E-state index contributed by atoms with van der Waals surface area (Å²) in [5, 5.41) is 12.7. The molecule has 0 saturated carbocycles. The summed E-state index contributed by atoms with van der Waals surface area (Å²) in [5.41, 5.74) is 18.0. The average Bonchev–Trinajstić information content (AvgIpc) is 3.54. The maximum absolute atomic E-state index is 12.9. The number of nitrogens with zero attached hydrogens (tertiary/aromatic N) is 1. The molecule has 0 aromatic heterocycles. The molecule has 0 bridgehead atoms. The first-order chi connectivity index (χ1) is 24.1. The molecule has 4 rings (SSSR count). The van der Waals surface area contributed by atoms with Crippen LogP contribution in [0.25, 0.3) is 0 Å². The Kier molecular flexibility index (Phi) is 12.1. The summed E-state index contributed by atoms with van der Waals surface area (Å²) in [7, 11) is 0. The maximum atomic E-state index is 12.9. The van der Waals surface area contributed by atoms with Crippen LogP contribution in [0, 0.1) is 12.8 Å². The normalized spacial score (nSPS) is 14.4. The lowest BCUT2D eigenvalue weighted by atomic mass is 9.92. The first kappa shape index (κ1) is 37.9. The number of urea groups is 1. The van der Waals surface area contributed by atoms with E-state index >= 15 is 0 Å². The summed E-state index contributed by atoms with van der Waals surface area (Å²) in [6, 6.07) is 13.2. The molecule has 1 aliphatic rings. The van der Waals surface area contributed by atoms with E-state index in [2.05, 4.69) is 5.32 Å². The number of hydrogen-bond acceptors (Lipinski definition) is 12. The van der Waals surface area contributed by atoms with E-state index in [0.717, 1.165) is 5.56 Å². The molecule has 3 aromatic carbocycles. The number of carbonyl (C=O) groups excluding carboxylic acids is 4. The molecular weight excluding hydrogens is 666 g/mol. The number of primary amides is 2. The Bertz CT molecular complexity index is 1760. The van der Waals surface area contributed by atoms with Gasteiger partial charge in [0.15, 0.2) is 23.8 Å². The molecule has 0 fully saturated rings. The van der Waals surface area contributed by atoms with Crippen LogP contribution in [0.5, 0.6) is 23.0 Å². The summed E-state index contributed by atoms with van der Waals surface area (Å²) in [6.45, 7) is 5.90. The van der Waals surface area contributed by atoms with E-state index < -0.39 is 66.2 Å². The fraction of sp³-hybridized carbons (Fsp3) is 0.343. The number of carboxylic acid groups (broad SMARTS) is 1. The van der Waals surface area contributed by atoms with Crippen LogP contribution in [0.15, 0.2) is 66.7 Å². The Labute approximate surface area is 293 Å². The predicted molar refractivity (Wildman–Crippen MR) is 182 cm³/mol. The van der Waals surface area contributed by atoms with E-state index in [0.29, 0.717) is 28.5 Å². The molecule has 8 N–H and O–H groups in total. The molecule has 1 aliphatic heterocycles. The summed E-state index contributed by atoms with van der Waals surface area (Å²) in [4.78, 5) is 63.5. The molecule has 16 nitrogen and oxygen atoms in total. The number of fused-ring (bicyclic) bond motifs is 1. The van der Waals surface area contributed by atoms with Gasteiger partial charge < -0.3 is 46.0 Å². The lowest BCUT2D eigenvalue weighted by molar-refractivity contribution is -0.163. The van der Waals surface area contributed by atoms with Crippen molar-refractivity contribution < 1.29 is 52.8 Å². The third-order valence-corrected chi connectivity index (χ3v) is 8.09. The molecular formula is C35H41N5O11. The minimum Gasteiger partial charge on any atom is -0.482 e. The molecule has 1 heterocycles. The van der Waals surface area contributed by atoms with Gasteiger partial charge in [-0.15, -0.1) is 0 Å². The Morgan fingerprint density at radius 1 is 0.961 bits per heavy atom. The summed E-state index contributed by atoms with van der Waals surface area (Å²) >= 11 is 0. The number of rotatable bonds is 16. The van der Waals surface area contributed by atoms with Crippen LogP contribution in [-0.2, 0) is 30.3 Å². The zero-order valence-corrected chi connectivity index (χ0v) is 28.5. The van der Waals surface area contributed by atoms with Crippen molar-refractivity contribution in [2.75, 3.05) is 18.3 Å². The lowest BCUT2D eigenvalue weighted by Gasteiger charge is -2.38. The second-order valence-corrected chi connectivity index (χ2v) is 12.3. The average molecular weight is 708 g/mol. The summed E-state index contributed by atoms with van der Waals surface area (Å²) in [6.07, 6.45) is -0.0834. The summed E-state index contributed by atoms with van der Waals surface area (Å²) < 4.78 is 27.0. The second-order valence-electron chi connectivity index (χ2n) is 12.3. The Balaban J connectivity index is 1.35. The van der Waals surface area contributed by atoms with Gasteiger partial charge in [-0.2, -0.15) is 0 Å². The minimum atomic E-state index is -1.67. The van der Waals surface area contributed by atoms with E-state index in [-0.39, 0.29) is 19.0 Å². The highest BCUT2D eigenvalue weighted by Crippen LogP contribution is 2.33. The number of aliphatic carboxylic acids is 1. The lowest BCUT2D eigenvalue weighted by Crippen LogP contribution is -2.60. The molecule has 3 unspecified atom stereocenters. The smallest absolute Gasteiger partial charge is 0.351 e. The Morgan fingerprint density at radius 3 is 2.24 bits per heavy atom. The number of nitrogens with one attached hydrogen (secondary N) is 1. The van der Waals surface area contributed by atoms with Crippen molar-refractivity contribution in [3.8, 4) is 23.0 Å². The monoisotopic (exact) mass is 707 g/mol. The van der Waals surface area contributed by atoms with Crippen LogP contribution in [0.3, 0.4) is 0 Å². The third-order valence-electron chi connectivity index (χ3n) is 8.09. The number of carboxylic acids is 1. The molecule has 16 heteroatoms. The van der Waals surface area contributed by atoms with Gasteiger partial charge in [-0.05, 0) is 80.8 Å². The number of hydrogen-bond donors (Lipinski definition) is 5. The van der Waals surface area contributed by atoms with E-state index in [1.165, 1.54) is 24.0 Å². The largest absolute Gasteiger partial charge is 0.482 e. The topological polar surface area (TPSA) is 245 Å². The fourth-order valence-corrected chi connectivity index (χ4v) is 5.41. The van der Waals surface area contributed by atoms with Crippen LogP contribution in [-0.4, -0.2) is 72.2 Å². The number of esters is 2. The Hall–Kier alpha value is -5.87. The zero-order valence-electron chi connectivity index (χ0n) is 28.5. The highest BCUT2D eigenvalue weighted by atomic mass is 16.7. The van der Waals surface area contributed by atoms with Gasteiger partial charge in [0.05, 0.1) is 11.6 Å². The predicted octanol–water partition coefficient (Wildman–Crippen LogP) is 1.98. The highest BCUT2D eigenvalue weighted by Gasteiger charge is 2.38. The van der Waals surface area contributed by atoms with Crippen LogP contribution in [0.4, 0.5) is 10.5 Å². The SMILES string of the molecule is Cc1ccccc1N(C(N)=O)C(C)(C)Oc1ccc(OCC(=O)OC(=O)[C@@H](N)C(NC(Cc2ccc3c(c2)OCO3)C(=O)O)C(C)C(N)=O)cc1. The number of carbonyl (C=O) groups is 5. The van der Waals surface area contributed by atoms with E-state index in [1.54, 1.807) is 56.3 Å². The first-order valence-corrected chi connectivity index (χ1v) is 15.8. The molecule has 51 heavy (non-hydrogen) atoms. The highest BCUT2D eigenvalue weighted by molar-refractivity contribution is 5.93. The van der Waals surface area contributed by atoms with Gasteiger partial charge >= 0.3 is 23.9 Å². The van der Waals surface area contributed by atoms with Gasteiger partial charge in [-0.1, -0.05) is 31.2 Å². The van der Waals surface area contributed by atoms with Crippen molar-refractivity contribution >= 4 is 35.5 Å². The quantitative estimate of drug-likeness (QED) is 0.0813. The zero-order chi connectivity index (χ0) is 37.5. The van der Waals surface area contributed by atoms with Crippen molar-refractivity contribution in [3.63, 3.8) is 0 Å². The van der Waals surface area contributed by atoms with Crippen LogP contribution in [0.2, 0.25) is 0 Å². The van der Waals surface area contributed by atoms with Crippen molar-refractivity contribution in [3.05, 3.63) is 77.9 Å². The summed E-state index contributed by atoms with van der Waals surface area (Å²) in [5.74, 6) is -4.12. The molecule has 0 spiro atoms. The van der Waals surface area contributed by atoms with Crippen molar-refractivity contribution in [1.82, 2.24) is 5.32 Å². The molecule has 0 saturated heterocycles. The van der Waals surface area contributed by atoms with Crippen molar-refractivity contribution in [1.29, 1.82) is 0 Å². The van der Waals surface area contributed by atoms with Crippen molar-refractivity contribution in [2.24, 2.45) is 23.1 Å². The number of benzene rings is 3. The maximum Gasteiger partial charge on any atom is 0.351 e. The van der Waals surface area contributed by atoms with Crippen LogP contribution >= 0.6 is 0 Å². The van der Waals surface area contributed by atoms with Gasteiger partial charge in [0, 0.05) is 6.04 Å². The Morgan fingerprint density at radius 2 is 1.61 bits per heavy atom. The number of anilines is 1. The number of aryl methyl sites for hydroxylation is 1. The first-order valence-electron chi connectivity index (χ1n) is 15.8. The fourth-order valence-electron chi connectivity index (χ4n) is 5.41. The molecule has 0 radical (unpaired) electrons. The van der Waals surface area contributed by atoms with Crippen LogP contribution in [0.1, 0.15) is 31.9 Å². The molecule has 3 amide bonds. The second kappa shape index (κ2) is 16.2. The van der Waals surface area contributed by atoms with E-state index in [4.69, 9.17) is 40.9 Å². The number of nitrogens with two attached hydrogens (primary N) is 3. The molecule has 4 atom stereocenters.